The van der Waals surface area contributed by atoms with Crippen molar-refractivity contribution < 1.29 is 4.39 Å². The van der Waals surface area contributed by atoms with Crippen LogP contribution < -0.4 is 5.32 Å². The number of nitrogens with zero attached hydrogens (tertiary/aromatic N) is 1. The zero-order valence-electron chi connectivity index (χ0n) is 12.8. The van der Waals surface area contributed by atoms with Crippen molar-refractivity contribution in [1.82, 2.24) is 10.2 Å². The second kappa shape index (κ2) is 7.01. The van der Waals surface area contributed by atoms with E-state index >= 15 is 0 Å². The van der Waals surface area contributed by atoms with E-state index in [4.69, 9.17) is 0 Å². The molecular weight excluding hydrogens is 239 g/mol. The first kappa shape index (κ1) is 16.1. The smallest absolute Gasteiger partial charge is 0.123 e. The van der Waals surface area contributed by atoms with Gasteiger partial charge in [-0.25, -0.2) is 4.39 Å². The van der Waals surface area contributed by atoms with Crippen LogP contribution in [0, 0.1) is 5.82 Å². The molecule has 0 aromatic heterocycles. The Kier molecular flexibility index (Phi) is 5.95. The summed E-state index contributed by atoms with van der Waals surface area (Å²) < 4.78 is 13.1. The fraction of sp³-hybridized carbons (Fsp3) is 0.625. The van der Waals surface area contributed by atoms with Crippen molar-refractivity contribution in [2.75, 3.05) is 13.6 Å². The van der Waals surface area contributed by atoms with Crippen molar-refractivity contribution in [2.24, 2.45) is 0 Å². The third-order valence-corrected chi connectivity index (χ3v) is 3.29. The van der Waals surface area contributed by atoms with Crippen molar-refractivity contribution in [3.8, 4) is 0 Å². The Hall–Kier alpha value is -0.930. The van der Waals surface area contributed by atoms with Crippen LogP contribution in [-0.4, -0.2) is 30.1 Å². The predicted octanol–water partition coefficient (Wildman–Crippen LogP) is 3.42. The monoisotopic (exact) mass is 266 g/mol. The van der Waals surface area contributed by atoms with Crippen LogP contribution in [0.4, 0.5) is 4.39 Å². The molecule has 0 aliphatic heterocycles. The average Bonchev–Trinajstić information content (AvgIpc) is 2.27. The Morgan fingerprint density at radius 2 is 2.00 bits per heavy atom. The second-order valence-electron chi connectivity index (χ2n) is 6.36. The largest absolute Gasteiger partial charge is 0.312 e. The molecule has 0 radical (unpaired) electrons. The molecule has 0 amide bonds. The van der Waals surface area contributed by atoms with E-state index in [0.29, 0.717) is 6.04 Å². The fourth-order valence-corrected chi connectivity index (χ4v) is 1.96. The maximum absolute atomic E-state index is 13.1. The van der Waals surface area contributed by atoms with E-state index in [1.165, 1.54) is 6.07 Å². The third-order valence-electron chi connectivity index (χ3n) is 3.29. The van der Waals surface area contributed by atoms with Crippen LogP contribution in [-0.2, 0) is 6.54 Å². The van der Waals surface area contributed by atoms with Gasteiger partial charge >= 0.3 is 0 Å². The molecule has 1 N–H and O–H groups in total. The van der Waals surface area contributed by atoms with Crippen LogP contribution in [0.25, 0.3) is 0 Å². The number of nitrogens with one attached hydrogen (secondary N) is 1. The average molecular weight is 266 g/mol. The van der Waals surface area contributed by atoms with E-state index in [1.807, 2.05) is 6.07 Å². The molecule has 1 aromatic rings. The molecule has 1 atom stereocenters. The first-order valence-corrected chi connectivity index (χ1v) is 6.97. The molecule has 0 saturated heterocycles. The Morgan fingerprint density at radius 1 is 1.32 bits per heavy atom. The SMILES string of the molecule is CC(CCNC(C)(C)C)N(C)Cc1cccc(F)c1. The highest BCUT2D eigenvalue weighted by Gasteiger charge is 2.12. The van der Waals surface area contributed by atoms with Crippen LogP contribution in [0.5, 0.6) is 0 Å². The minimum atomic E-state index is -0.159. The molecule has 0 aliphatic carbocycles. The molecule has 108 valence electrons. The standard InChI is InChI=1S/C16H27FN2/c1-13(9-10-18-16(2,3)4)19(5)12-14-7-6-8-15(17)11-14/h6-8,11,13,18H,9-10,12H2,1-5H3. The molecule has 0 aliphatic rings. The summed E-state index contributed by atoms with van der Waals surface area (Å²) in [5.74, 6) is -0.159. The van der Waals surface area contributed by atoms with Gasteiger partial charge < -0.3 is 5.32 Å². The van der Waals surface area contributed by atoms with Gasteiger partial charge in [-0.15, -0.1) is 0 Å². The van der Waals surface area contributed by atoms with Crippen molar-refractivity contribution >= 4 is 0 Å². The molecule has 0 heterocycles. The first-order valence-electron chi connectivity index (χ1n) is 6.97. The summed E-state index contributed by atoms with van der Waals surface area (Å²) in [5.41, 5.74) is 1.19. The van der Waals surface area contributed by atoms with Gasteiger partial charge in [0, 0.05) is 18.1 Å². The van der Waals surface area contributed by atoms with Crippen molar-refractivity contribution in [3.05, 3.63) is 35.6 Å². The van der Waals surface area contributed by atoms with Crippen molar-refractivity contribution in [3.63, 3.8) is 0 Å². The van der Waals surface area contributed by atoms with Gasteiger partial charge in [-0.2, -0.15) is 0 Å². The van der Waals surface area contributed by atoms with Gasteiger partial charge in [-0.05, 0) is 65.4 Å². The highest BCUT2D eigenvalue weighted by atomic mass is 19.1. The van der Waals surface area contributed by atoms with Crippen LogP contribution in [0.1, 0.15) is 39.7 Å². The minimum absolute atomic E-state index is 0.159. The Labute approximate surface area is 117 Å². The van der Waals surface area contributed by atoms with Crippen LogP contribution in [0.3, 0.4) is 0 Å². The number of halogens is 1. The van der Waals surface area contributed by atoms with E-state index in [1.54, 1.807) is 12.1 Å². The maximum atomic E-state index is 13.1. The van der Waals surface area contributed by atoms with Crippen LogP contribution >= 0.6 is 0 Å². The molecule has 3 heteroatoms. The molecule has 1 rings (SSSR count). The van der Waals surface area contributed by atoms with Crippen molar-refractivity contribution in [2.45, 2.75) is 52.2 Å². The molecular formula is C16H27FN2. The van der Waals surface area contributed by atoms with Crippen LogP contribution in [0.15, 0.2) is 24.3 Å². The van der Waals surface area contributed by atoms with E-state index in [9.17, 15) is 4.39 Å². The summed E-state index contributed by atoms with van der Waals surface area (Å²) in [4.78, 5) is 2.26. The lowest BCUT2D eigenvalue weighted by Gasteiger charge is -2.27. The number of benzene rings is 1. The highest BCUT2D eigenvalue weighted by Crippen LogP contribution is 2.10. The first-order chi connectivity index (χ1) is 8.78. The topological polar surface area (TPSA) is 15.3 Å². The van der Waals surface area contributed by atoms with Gasteiger partial charge in [-0.1, -0.05) is 12.1 Å². The molecule has 0 spiro atoms. The Bertz CT molecular complexity index is 385. The van der Waals surface area contributed by atoms with Gasteiger partial charge in [0.15, 0.2) is 0 Å². The van der Waals surface area contributed by atoms with Crippen LogP contribution in [0.2, 0.25) is 0 Å². The zero-order valence-corrected chi connectivity index (χ0v) is 12.8. The lowest BCUT2D eigenvalue weighted by molar-refractivity contribution is 0.231. The number of rotatable bonds is 6. The summed E-state index contributed by atoms with van der Waals surface area (Å²) in [6.07, 6.45) is 1.09. The van der Waals surface area contributed by atoms with E-state index in [2.05, 4.69) is 45.0 Å². The Morgan fingerprint density at radius 3 is 2.58 bits per heavy atom. The maximum Gasteiger partial charge on any atom is 0.123 e. The van der Waals surface area contributed by atoms with Gasteiger partial charge in [0.25, 0.3) is 0 Å². The predicted molar refractivity (Wildman–Crippen MR) is 79.7 cm³/mol. The summed E-state index contributed by atoms with van der Waals surface area (Å²) in [5, 5.41) is 3.49. The summed E-state index contributed by atoms with van der Waals surface area (Å²) >= 11 is 0. The fourth-order valence-electron chi connectivity index (χ4n) is 1.96. The molecule has 2 nitrogen and oxygen atoms in total. The van der Waals surface area contributed by atoms with Gasteiger partial charge in [0.05, 0.1) is 0 Å². The molecule has 0 bridgehead atoms. The summed E-state index contributed by atoms with van der Waals surface area (Å²) in [7, 11) is 2.09. The van der Waals surface area contributed by atoms with Gasteiger partial charge in [0.2, 0.25) is 0 Å². The normalized spacial score (nSPS) is 13.8. The number of hydrogen-bond acceptors (Lipinski definition) is 2. The van der Waals surface area contributed by atoms with Gasteiger partial charge in [-0.3, -0.25) is 4.90 Å². The molecule has 1 unspecified atom stereocenters. The summed E-state index contributed by atoms with van der Waals surface area (Å²) in [6.45, 7) is 10.5. The second-order valence-corrected chi connectivity index (χ2v) is 6.36. The van der Waals surface area contributed by atoms with Crippen molar-refractivity contribution in [1.29, 1.82) is 0 Å². The minimum Gasteiger partial charge on any atom is -0.312 e. The summed E-state index contributed by atoms with van der Waals surface area (Å²) in [6, 6.07) is 7.30. The lowest BCUT2D eigenvalue weighted by atomic mass is 10.1. The zero-order chi connectivity index (χ0) is 14.5. The molecule has 19 heavy (non-hydrogen) atoms. The highest BCUT2D eigenvalue weighted by molar-refractivity contribution is 5.16. The molecule has 0 saturated carbocycles. The molecule has 0 fully saturated rings. The quantitative estimate of drug-likeness (QED) is 0.848. The van der Waals surface area contributed by atoms with E-state index in [-0.39, 0.29) is 11.4 Å². The van der Waals surface area contributed by atoms with E-state index in [0.717, 1.165) is 25.1 Å². The molecule has 1 aromatic carbocycles. The van der Waals surface area contributed by atoms with Gasteiger partial charge in [0.1, 0.15) is 5.82 Å². The number of hydrogen-bond donors (Lipinski definition) is 1. The third kappa shape index (κ3) is 6.69. The lowest BCUT2D eigenvalue weighted by Crippen LogP contribution is -2.39. The van der Waals surface area contributed by atoms with E-state index < -0.39 is 0 Å². The Balaban J connectivity index is 2.38.